The average molecular weight is 279 g/mol. The molecule has 1 aromatic heterocycles. The summed E-state index contributed by atoms with van der Waals surface area (Å²) in [6.45, 7) is 2.61. The van der Waals surface area contributed by atoms with Crippen molar-refractivity contribution in [2.45, 2.75) is 19.9 Å². The van der Waals surface area contributed by atoms with Crippen LogP contribution in [-0.2, 0) is 13.0 Å². The van der Waals surface area contributed by atoms with Crippen molar-refractivity contribution in [2.24, 2.45) is 0 Å². The van der Waals surface area contributed by atoms with Gasteiger partial charge in [0.05, 0.1) is 6.54 Å². The third-order valence-electron chi connectivity index (χ3n) is 3.17. The summed E-state index contributed by atoms with van der Waals surface area (Å²) in [6.07, 6.45) is 0.691. The van der Waals surface area contributed by atoms with E-state index in [0.717, 1.165) is 5.69 Å². The van der Waals surface area contributed by atoms with Crippen LogP contribution in [0.15, 0.2) is 59.1 Å². The molecular weight excluding hydrogens is 262 g/mol. The summed E-state index contributed by atoms with van der Waals surface area (Å²) >= 11 is 0. The van der Waals surface area contributed by atoms with Gasteiger partial charge in [-0.15, -0.1) is 0 Å². The number of hydrogen-bond donors (Lipinski definition) is 1. The Balaban J connectivity index is 1.61. The van der Waals surface area contributed by atoms with Gasteiger partial charge >= 0.3 is 0 Å². The van der Waals surface area contributed by atoms with Crippen LogP contribution in [0.4, 0.5) is 5.69 Å². The van der Waals surface area contributed by atoms with Crippen LogP contribution in [0.2, 0.25) is 0 Å². The van der Waals surface area contributed by atoms with Crippen molar-refractivity contribution in [1.82, 2.24) is 10.1 Å². The maximum atomic E-state index is 5.27. The SMILES string of the molecule is Cc1cccc(Cc2noc(CNc3ccccc3)n2)c1. The Hall–Kier alpha value is -2.62. The Morgan fingerprint density at radius 3 is 2.71 bits per heavy atom. The van der Waals surface area contributed by atoms with Gasteiger partial charge in [-0.3, -0.25) is 0 Å². The van der Waals surface area contributed by atoms with Crippen LogP contribution < -0.4 is 5.32 Å². The van der Waals surface area contributed by atoms with Gasteiger partial charge in [0, 0.05) is 12.1 Å². The molecule has 4 nitrogen and oxygen atoms in total. The Bertz CT molecular complexity index is 707. The molecule has 0 amide bonds. The summed E-state index contributed by atoms with van der Waals surface area (Å²) in [6, 6.07) is 18.3. The predicted octanol–water partition coefficient (Wildman–Crippen LogP) is 3.58. The highest BCUT2D eigenvalue weighted by Gasteiger charge is 2.07. The Kier molecular flexibility index (Phi) is 3.96. The van der Waals surface area contributed by atoms with Crippen LogP contribution in [0.25, 0.3) is 0 Å². The Morgan fingerprint density at radius 2 is 1.90 bits per heavy atom. The summed E-state index contributed by atoms with van der Waals surface area (Å²) in [5.74, 6) is 1.31. The lowest BCUT2D eigenvalue weighted by molar-refractivity contribution is 0.378. The fourth-order valence-electron chi connectivity index (χ4n) is 2.17. The second-order valence-electron chi connectivity index (χ2n) is 4.99. The molecule has 3 aromatic rings. The molecule has 0 saturated heterocycles. The summed E-state index contributed by atoms with van der Waals surface area (Å²) in [5, 5.41) is 7.28. The maximum absolute atomic E-state index is 5.27. The van der Waals surface area contributed by atoms with Crippen molar-refractivity contribution in [3.05, 3.63) is 77.4 Å². The van der Waals surface area contributed by atoms with Crippen molar-refractivity contribution in [3.63, 3.8) is 0 Å². The topological polar surface area (TPSA) is 51.0 Å². The molecule has 21 heavy (non-hydrogen) atoms. The molecule has 2 aromatic carbocycles. The first kappa shape index (κ1) is 13.4. The molecule has 0 saturated carbocycles. The first-order valence-corrected chi connectivity index (χ1v) is 6.95. The Labute approximate surface area is 123 Å². The predicted molar refractivity (Wildman–Crippen MR) is 82.1 cm³/mol. The molecule has 0 aliphatic carbocycles. The number of hydrogen-bond acceptors (Lipinski definition) is 4. The first-order valence-electron chi connectivity index (χ1n) is 6.95. The third-order valence-corrected chi connectivity index (χ3v) is 3.17. The second-order valence-corrected chi connectivity index (χ2v) is 4.99. The maximum Gasteiger partial charge on any atom is 0.245 e. The van der Waals surface area contributed by atoms with E-state index >= 15 is 0 Å². The lowest BCUT2D eigenvalue weighted by atomic mass is 10.1. The normalized spacial score (nSPS) is 10.5. The van der Waals surface area contributed by atoms with Crippen molar-refractivity contribution < 1.29 is 4.52 Å². The standard InChI is InChI=1S/C17H17N3O/c1-13-6-5-7-14(10-13)11-16-19-17(21-20-16)12-18-15-8-3-2-4-9-15/h2-10,18H,11-12H2,1H3. The van der Waals surface area contributed by atoms with E-state index in [0.29, 0.717) is 24.7 Å². The van der Waals surface area contributed by atoms with E-state index in [1.54, 1.807) is 0 Å². The molecule has 0 fully saturated rings. The zero-order valence-corrected chi connectivity index (χ0v) is 11.9. The van der Waals surface area contributed by atoms with Gasteiger partial charge in [-0.1, -0.05) is 53.2 Å². The van der Waals surface area contributed by atoms with Crippen molar-refractivity contribution in [1.29, 1.82) is 0 Å². The van der Waals surface area contributed by atoms with E-state index in [-0.39, 0.29) is 0 Å². The molecule has 0 aliphatic heterocycles. The quantitative estimate of drug-likeness (QED) is 0.775. The van der Waals surface area contributed by atoms with Gasteiger partial charge < -0.3 is 9.84 Å². The molecule has 1 N–H and O–H groups in total. The van der Waals surface area contributed by atoms with Crippen LogP contribution >= 0.6 is 0 Å². The zero-order chi connectivity index (χ0) is 14.5. The van der Waals surface area contributed by atoms with E-state index in [4.69, 9.17) is 4.52 Å². The number of aryl methyl sites for hydroxylation is 1. The van der Waals surface area contributed by atoms with Gasteiger partial charge in [-0.25, -0.2) is 0 Å². The fourth-order valence-corrected chi connectivity index (χ4v) is 2.17. The van der Waals surface area contributed by atoms with Gasteiger partial charge in [0.25, 0.3) is 0 Å². The molecule has 0 radical (unpaired) electrons. The lowest BCUT2D eigenvalue weighted by Gasteiger charge is -2.01. The van der Waals surface area contributed by atoms with E-state index in [9.17, 15) is 0 Å². The number of rotatable bonds is 5. The monoisotopic (exact) mass is 279 g/mol. The van der Waals surface area contributed by atoms with E-state index in [1.165, 1.54) is 11.1 Å². The minimum Gasteiger partial charge on any atom is -0.376 e. The summed E-state index contributed by atoms with van der Waals surface area (Å²) in [4.78, 5) is 4.41. The van der Waals surface area contributed by atoms with Crippen LogP contribution in [-0.4, -0.2) is 10.1 Å². The summed E-state index contributed by atoms with van der Waals surface area (Å²) < 4.78 is 5.27. The van der Waals surface area contributed by atoms with Gasteiger partial charge in [0.1, 0.15) is 0 Å². The van der Waals surface area contributed by atoms with E-state index < -0.39 is 0 Å². The zero-order valence-electron chi connectivity index (χ0n) is 11.9. The summed E-state index contributed by atoms with van der Waals surface area (Å²) in [5.41, 5.74) is 3.47. The van der Waals surface area contributed by atoms with Crippen molar-refractivity contribution >= 4 is 5.69 Å². The molecule has 0 aliphatic rings. The smallest absolute Gasteiger partial charge is 0.245 e. The molecule has 3 rings (SSSR count). The van der Waals surface area contributed by atoms with Crippen molar-refractivity contribution in [3.8, 4) is 0 Å². The summed E-state index contributed by atoms with van der Waals surface area (Å²) in [7, 11) is 0. The second kappa shape index (κ2) is 6.22. The number of aromatic nitrogens is 2. The van der Waals surface area contributed by atoms with Crippen LogP contribution in [0.3, 0.4) is 0 Å². The molecule has 0 bridgehead atoms. The number of anilines is 1. The van der Waals surface area contributed by atoms with Gasteiger partial charge in [-0.05, 0) is 24.6 Å². The highest BCUT2D eigenvalue weighted by molar-refractivity contribution is 5.42. The van der Waals surface area contributed by atoms with E-state index in [2.05, 4.69) is 40.6 Å². The molecule has 4 heteroatoms. The van der Waals surface area contributed by atoms with Crippen LogP contribution in [0.5, 0.6) is 0 Å². The highest BCUT2D eigenvalue weighted by atomic mass is 16.5. The largest absolute Gasteiger partial charge is 0.376 e. The molecule has 1 heterocycles. The average Bonchev–Trinajstić information content (AvgIpc) is 2.94. The van der Waals surface area contributed by atoms with Crippen LogP contribution in [0, 0.1) is 6.92 Å². The molecule has 106 valence electrons. The number of benzene rings is 2. The molecule has 0 spiro atoms. The van der Waals surface area contributed by atoms with Gasteiger partial charge in [0.2, 0.25) is 5.89 Å². The first-order chi connectivity index (χ1) is 10.3. The van der Waals surface area contributed by atoms with Gasteiger partial charge in [-0.2, -0.15) is 4.98 Å². The highest BCUT2D eigenvalue weighted by Crippen LogP contribution is 2.11. The number of nitrogens with zero attached hydrogens (tertiary/aromatic N) is 2. The number of para-hydroxylation sites is 1. The fraction of sp³-hybridized carbons (Fsp3) is 0.176. The lowest BCUT2D eigenvalue weighted by Crippen LogP contribution is -1.99. The third kappa shape index (κ3) is 3.69. The van der Waals surface area contributed by atoms with Crippen LogP contribution in [0.1, 0.15) is 22.8 Å². The molecule has 0 atom stereocenters. The van der Waals surface area contributed by atoms with Crippen molar-refractivity contribution in [2.75, 3.05) is 5.32 Å². The van der Waals surface area contributed by atoms with E-state index in [1.807, 2.05) is 36.4 Å². The minimum atomic E-state index is 0.533. The van der Waals surface area contributed by atoms with Gasteiger partial charge in [0.15, 0.2) is 5.82 Å². The number of nitrogens with one attached hydrogen (secondary N) is 1. The minimum absolute atomic E-state index is 0.533. The molecule has 0 unspecified atom stereocenters. The molecular formula is C17H17N3O. The Morgan fingerprint density at radius 1 is 1.05 bits per heavy atom.